The molecule has 0 N–H and O–H groups in total. The molecule has 0 nitrogen and oxygen atoms in total. The smallest absolute Gasteiger partial charge is 0.126 e. The first-order valence-corrected chi connectivity index (χ1v) is 6.40. The van der Waals surface area contributed by atoms with Gasteiger partial charge in [0.05, 0.1) is 0 Å². The van der Waals surface area contributed by atoms with Gasteiger partial charge in [-0.25, -0.2) is 4.39 Å². The van der Waals surface area contributed by atoms with E-state index in [1.807, 2.05) is 6.92 Å². The Kier molecular flexibility index (Phi) is 3.71. The molecule has 96 valence electrons. The lowest BCUT2D eigenvalue weighted by molar-refractivity contribution is 0.517. The van der Waals surface area contributed by atoms with Crippen molar-refractivity contribution in [1.82, 2.24) is 0 Å². The van der Waals surface area contributed by atoms with E-state index >= 15 is 0 Å². The fourth-order valence-electron chi connectivity index (χ4n) is 2.13. The summed E-state index contributed by atoms with van der Waals surface area (Å²) in [5.41, 5.74) is 3.25. The summed E-state index contributed by atoms with van der Waals surface area (Å²) in [5.74, 6) is -0.0644. The van der Waals surface area contributed by atoms with Crippen LogP contribution in [0, 0.1) is 5.82 Å². The van der Waals surface area contributed by atoms with Crippen LogP contribution < -0.4 is 0 Å². The van der Waals surface area contributed by atoms with Crippen molar-refractivity contribution in [1.29, 1.82) is 0 Å². The Morgan fingerprint density at radius 3 is 1.65 bits per heavy atom. The van der Waals surface area contributed by atoms with Crippen LogP contribution in [0.2, 0.25) is 0 Å². The molecule has 0 atom stereocenters. The van der Waals surface area contributed by atoms with Gasteiger partial charge in [-0.1, -0.05) is 54.5 Å². The maximum Gasteiger partial charge on any atom is 0.126 e. The molecule has 0 aliphatic heterocycles. The highest BCUT2D eigenvalue weighted by atomic mass is 19.1. The molecule has 0 saturated heterocycles. The quantitative estimate of drug-likeness (QED) is 0.645. The molecule has 0 bridgehead atoms. The lowest BCUT2D eigenvalue weighted by atomic mass is 9.74. The zero-order valence-electron chi connectivity index (χ0n) is 12.2. The third-order valence-corrected chi connectivity index (χ3v) is 3.18. The minimum atomic E-state index is -0.0644. The number of hydrogen-bond donors (Lipinski definition) is 0. The van der Waals surface area contributed by atoms with Crippen LogP contribution in [0.5, 0.6) is 0 Å². The molecule has 0 aliphatic rings. The van der Waals surface area contributed by atoms with Gasteiger partial charge in [0.1, 0.15) is 5.82 Å². The SMILES string of the molecule is CCc1cc(C(C)(C)C)c(C(C)(C)C)cc1F. The van der Waals surface area contributed by atoms with Gasteiger partial charge in [0.25, 0.3) is 0 Å². The molecule has 0 spiro atoms. The largest absolute Gasteiger partial charge is 0.207 e. The van der Waals surface area contributed by atoms with Crippen LogP contribution >= 0.6 is 0 Å². The Morgan fingerprint density at radius 1 is 0.882 bits per heavy atom. The van der Waals surface area contributed by atoms with E-state index in [4.69, 9.17) is 0 Å². The van der Waals surface area contributed by atoms with E-state index in [9.17, 15) is 4.39 Å². The summed E-state index contributed by atoms with van der Waals surface area (Å²) in [5, 5.41) is 0. The van der Waals surface area contributed by atoms with Crippen LogP contribution in [0.4, 0.5) is 4.39 Å². The highest BCUT2D eigenvalue weighted by Crippen LogP contribution is 2.35. The Morgan fingerprint density at radius 2 is 1.29 bits per heavy atom. The van der Waals surface area contributed by atoms with Crippen LogP contribution in [0.1, 0.15) is 65.2 Å². The first kappa shape index (κ1) is 14.2. The van der Waals surface area contributed by atoms with Crippen molar-refractivity contribution in [3.63, 3.8) is 0 Å². The van der Waals surface area contributed by atoms with Gasteiger partial charge in [-0.15, -0.1) is 0 Å². The molecular weight excluding hydrogens is 211 g/mol. The van der Waals surface area contributed by atoms with E-state index in [-0.39, 0.29) is 16.6 Å². The molecule has 1 rings (SSSR count). The fourth-order valence-corrected chi connectivity index (χ4v) is 2.13. The first-order chi connectivity index (χ1) is 7.57. The van der Waals surface area contributed by atoms with Crippen LogP contribution in [-0.4, -0.2) is 0 Å². The number of benzene rings is 1. The molecule has 0 radical (unpaired) electrons. The van der Waals surface area contributed by atoms with E-state index in [2.05, 4.69) is 47.6 Å². The summed E-state index contributed by atoms with van der Waals surface area (Å²) in [6.45, 7) is 15.0. The Balaban J connectivity index is 3.54. The topological polar surface area (TPSA) is 0 Å². The molecule has 1 aromatic carbocycles. The predicted octanol–water partition coefficient (Wildman–Crippen LogP) is 4.98. The maximum atomic E-state index is 13.9. The predicted molar refractivity (Wildman–Crippen MR) is 73.2 cm³/mol. The van der Waals surface area contributed by atoms with Crippen LogP contribution in [0.25, 0.3) is 0 Å². The molecule has 0 heterocycles. The van der Waals surface area contributed by atoms with Gasteiger partial charge in [-0.2, -0.15) is 0 Å². The molecule has 0 fully saturated rings. The molecule has 0 unspecified atom stereocenters. The molecule has 0 amide bonds. The van der Waals surface area contributed by atoms with Gasteiger partial charge in [-0.3, -0.25) is 0 Å². The summed E-state index contributed by atoms with van der Waals surface area (Å²) in [6.07, 6.45) is 0.749. The van der Waals surface area contributed by atoms with Crippen molar-refractivity contribution < 1.29 is 4.39 Å². The van der Waals surface area contributed by atoms with Gasteiger partial charge in [0.15, 0.2) is 0 Å². The van der Waals surface area contributed by atoms with Gasteiger partial charge >= 0.3 is 0 Å². The normalized spacial score (nSPS) is 12.9. The monoisotopic (exact) mass is 236 g/mol. The number of halogens is 1. The van der Waals surface area contributed by atoms with E-state index in [0.717, 1.165) is 17.5 Å². The summed E-state index contributed by atoms with van der Waals surface area (Å²) >= 11 is 0. The van der Waals surface area contributed by atoms with E-state index in [0.29, 0.717) is 0 Å². The molecule has 0 aliphatic carbocycles. The van der Waals surface area contributed by atoms with Crippen molar-refractivity contribution in [2.75, 3.05) is 0 Å². The summed E-state index contributed by atoms with van der Waals surface area (Å²) in [6, 6.07) is 3.79. The Hall–Kier alpha value is -0.850. The lowest BCUT2D eigenvalue weighted by Gasteiger charge is -2.30. The van der Waals surface area contributed by atoms with Crippen molar-refractivity contribution in [3.8, 4) is 0 Å². The third kappa shape index (κ3) is 3.08. The second-order valence-electron chi connectivity index (χ2n) is 6.84. The van der Waals surface area contributed by atoms with Gasteiger partial charge in [0, 0.05) is 0 Å². The Labute approximate surface area is 105 Å². The van der Waals surface area contributed by atoms with Crippen LogP contribution in [-0.2, 0) is 17.3 Å². The first-order valence-electron chi connectivity index (χ1n) is 6.40. The van der Waals surface area contributed by atoms with Crippen molar-refractivity contribution in [3.05, 3.63) is 34.6 Å². The molecule has 17 heavy (non-hydrogen) atoms. The van der Waals surface area contributed by atoms with E-state index in [1.54, 1.807) is 6.07 Å². The van der Waals surface area contributed by atoms with Crippen LogP contribution in [0.15, 0.2) is 12.1 Å². The van der Waals surface area contributed by atoms with E-state index in [1.165, 1.54) is 5.56 Å². The molecule has 0 saturated carbocycles. The fraction of sp³-hybridized carbons (Fsp3) is 0.625. The zero-order chi connectivity index (χ0) is 13.4. The molecular formula is C16H25F. The average molecular weight is 236 g/mol. The number of aryl methyl sites for hydroxylation is 1. The average Bonchev–Trinajstić information content (AvgIpc) is 2.14. The third-order valence-electron chi connectivity index (χ3n) is 3.18. The summed E-state index contributed by atoms with van der Waals surface area (Å²) in [4.78, 5) is 0. The standard InChI is InChI=1S/C16H25F/c1-8-11-9-12(15(2,3)4)13(10-14(11)17)16(5,6)7/h9-10H,8H2,1-7H3. The highest BCUT2D eigenvalue weighted by molar-refractivity contribution is 5.41. The molecule has 1 heteroatoms. The summed E-state index contributed by atoms with van der Waals surface area (Å²) < 4.78 is 13.9. The minimum absolute atomic E-state index is 0.0181. The second kappa shape index (κ2) is 4.44. The highest BCUT2D eigenvalue weighted by Gasteiger charge is 2.26. The number of rotatable bonds is 1. The van der Waals surface area contributed by atoms with Crippen molar-refractivity contribution in [2.24, 2.45) is 0 Å². The number of hydrogen-bond acceptors (Lipinski definition) is 0. The van der Waals surface area contributed by atoms with E-state index < -0.39 is 0 Å². The van der Waals surface area contributed by atoms with Crippen molar-refractivity contribution >= 4 is 0 Å². The maximum absolute atomic E-state index is 13.9. The zero-order valence-corrected chi connectivity index (χ0v) is 12.2. The lowest BCUT2D eigenvalue weighted by Crippen LogP contribution is -2.22. The second-order valence-corrected chi connectivity index (χ2v) is 6.84. The van der Waals surface area contributed by atoms with Gasteiger partial charge < -0.3 is 0 Å². The summed E-state index contributed by atoms with van der Waals surface area (Å²) in [7, 11) is 0. The Bertz CT molecular complexity index is 403. The minimum Gasteiger partial charge on any atom is -0.207 e. The molecule has 0 aromatic heterocycles. The van der Waals surface area contributed by atoms with Crippen molar-refractivity contribution in [2.45, 2.75) is 65.7 Å². The molecule has 1 aromatic rings. The van der Waals surface area contributed by atoms with Crippen LogP contribution in [0.3, 0.4) is 0 Å². The van der Waals surface area contributed by atoms with Gasteiger partial charge in [0.2, 0.25) is 0 Å². The van der Waals surface area contributed by atoms with Gasteiger partial charge in [-0.05, 0) is 40.0 Å².